The first-order valence-electron chi connectivity index (χ1n) is 4.97. The Morgan fingerprint density at radius 2 is 1.94 bits per heavy atom. The molecule has 0 spiro atoms. The summed E-state index contributed by atoms with van der Waals surface area (Å²) in [6.07, 6.45) is 0. The summed E-state index contributed by atoms with van der Waals surface area (Å²) >= 11 is 3.21. The van der Waals surface area contributed by atoms with Crippen molar-refractivity contribution in [3.63, 3.8) is 0 Å². The van der Waals surface area contributed by atoms with Crippen molar-refractivity contribution in [1.29, 1.82) is 0 Å². The Bertz CT molecular complexity index is 525. The molecule has 0 bridgehead atoms. The first-order valence-corrected chi connectivity index (χ1v) is 7.31. The van der Waals surface area contributed by atoms with Crippen LogP contribution in [-0.2, 0) is 14.6 Å². The van der Waals surface area contributed by atoms with Gasteiger partial charge in [0.25, 0.3) is 0 Å². The van der Waals surface area contributed by atoms with Crippen LogP contribution in [-0.4, -0.2) is 38.6 Å². The van der Waals surface area contributed by atoms with Gasteiger partial charge in [0.2, 0.25) is 5.91 Å². The normalized spacial score (nSPS) is 13.2. The van der Waals surface area contributed by atoms with Crippen LogP contribution in [0.2, 0.25) is 0 Å². The van der Waals surface area contributed by atoms with E-state index in [1.807, 2.05) is 0 Å². The molecule has 4 nitrogen and oxygen atoms in total. The molecule has 0 aliphatic heterocycles. The fourth-order valence-electron chi connectivity index (χ4n) is 1.34. The number of hydrogen-bond acceptors (Lipinski definition) is 3. The third-order valence-corrected chi connectivity index (χ3v) is 4.92. The van der Waals surface area contributed by atoms with Gasteiger partial charge in [-0.25, -0.2) is 8.42 Å². The molecule has 1 atom stereocenters. The second kappa shape index (κ2) is 5.18. The maximum atomic E-state index is 12.2. The molecule has 0 aliphatic rings. The van der Waals surface area contributed by atoms with Crippen molar-refractivity contribution >= 4 is 31.7 Å². The zero-order valence-corrected chi connectivity index (χ0v) is 12.2. The quantitative estimate of drug-likeness (QED) is 0.852. The minimum absolute atomic E-state index is 0.148. The van der Waals surface area contributed by atoms with Crippen LogP contribution in [0.5, 0.6) is 0 Å². The third kappa shape index (κ3) is 3.07. The molecule has 0 aliphatic carbocycles. The highest BCUT2D eigenvalue weighted by molar-refractivity contribution is 9.10. The molecule has 0 saturated carbocycles. The molecule has 1 aromatic carbocycles. The van der Waals surface area contributed by atoms with E-state index in [9.17, 15) is 13.2 Å². The van der Waals surface area contributed by atoms with Gasteiger partial charge in [-0.2, -0.15) is 0 Å². The summed E-state index contributed by atoms with van der Waals surface area (Å²) < 4.78 is 25.0. The molecular weight excluding hydrogens is 306 g/mol. The number of carbonyl (C=O) groups excluding carboxylic acids is 1. The molecule has 0 N–H and O–H groups in total. The molecule has 0 radical (unpaired) electrons. The Balaban J connectivity index is 3.16. The second-order valence-corrected chi connectivity index (χ2v) is 7.06. The number of hydrogen-bond donors (Lipinski definition) is 0. The number of amides is 1. The molecule has 1 amide bonds. The molecular formula is C11H14BrNO3S. The highest BCUT2D eigenvalue weighted by Gasteiger charge is 2.30. The molecule has 6 heteroatoms. The van der Waals surface area contributed by atoms with Crippen LogP contribution in [0.3, 0.4) is 0 Å². The van der Waals surface area contributed by atoms with Crippen molar-refractivity contribution in [3.8, 4) is 0 Å². The topological polar surface area (TPSA) is 54.5 Å². The summed E-state index contributed by atoms with van der Waals surface area (Å²) in [6.45, 7) is 1.40. The number of carbonyl (C=O) groups is 1. The van der Waals surface area contributed by atoms with Gasteiger partial charge in [-0.15, -0.1) is 0 Å². The monoisotopic (exact) mass is 319 g/mol. The summed E-state index contributed by atoms with van der Waals surface area (Å²) in [7, 11) is -0.553. The van der Waals surface area contributed by atoms with E-state index in [1.54, 1.807) is 12.1 Å². The molecule has 94 valence electrons. The number of halogens is 1. The fraction of sp³-hybridized carbons (Fsp3) is 0.364. The number of rotatable bonds is 3. The molecule has 1 aromatic rings. The minimum Gasteiger partial charge on any atom is -0.348 e. The van der Waals surface area contributed by atoms with Gasteiger partial charge >= 0.3 is 0 Å². The summed E-state index contributed by atoms with van der Waals surface area (Å²) in [5.74, 6) is -0.426. The van der Waals surface area contributed by atoms with E-state index >= 15 is 0 Å². The first kappa shape index (κ1) is 14.2. The lowest BCUT2D eigenvalue weighted by molar-refractivity contribution is -0.127. The van der Waals surface area contributed by atoms with Crippen molar-refractivity contribution in [2.45, 2.75) is 17.1 Å². The Labute approximate surface area is 110 Å². The van der Waals surface area contributed by atoms with E-state index in [1.165, 1.54) is 38.1 Å². The Kier molecular flexibility index (Phi) is 4.32. The van der Waals surface area contributed by atoms with Gasteiger partial charge in [-0.05, 0) is 25.1 Å². The second-order valence-electron chi connectivity index (χ2n) is 3.88. The van der Waals surface area contributed by atoms with Gasteiger partial charge in [0.15, 0.2) is 9.84 Å². The van der Waals surface area contributed by atoms with Crippen LogP contribution in [0.25, 0.3) is 0 Å². The summed E-state index contributed by atoms with van der Waals surface area (Å²) in [5, 5.41) is -1.08. The van der Waals surface area contributed by atoms with Crippen LogP contribution < -0.4 is 0 Å². The first-order chi connectivity index (χ1) is 7.76. The Hall–Kier alpha value is -0.880. The maximum absolute atomic E-state index is 12.2. The zero-order chi connectivity index (χ0) is 13.2. The average molecular weight is 320 g/mol. The predicted octanol–water partition coefficient (Wildman–Crippen LogP) is 1.70. The molecule has 1 unspecified atom stereocenters. The molecule has 0 fully saturated rings. The smallest absolute Gasteiger partial charge is 0.240 e. The summed E-state index contributed by atoms with van der Waals surface area (Å²) in [4.78, 5) is 13.1. The molecule has 1 rings (SSSR count). The predicted molar refractivity (Wildman–Crippen MR) is 69.5 cm³/mol. The van der Waals surface area contributed by atoms with Crippen LogP contribution in [0.15, 0.2) is 33.6 Å². The number of sulfone groups is 1. The van der Waals surface area contributed by atoms with Gasteiger partial charge < -0.3 is 4.90 Å². The van der Waals surface area contributed by atoms with Gasteiger partial charge in [-0.1, -0.05) is 22.0 Å². The van der Waals surface area contributed by atoms with E-state index in [0.717, 1.165) is 0 Å². The minimum atomic E-state index is -3.63. The van der Waals surface area contributed by atoms with Gasteiger partial charge in [0.05, 0.1) is 4.90 Å². The average Bonchev–Trinajstić information content (AvgIpc) is 2.26. The summed E-state index contributed by atoms with van der Waals surface area (Å²) in [6, 6.07) is 6.34. The van der Waals surface area contributed by atoms with E-state index in [4.69, 9.17) is 0 Å². The van der Waals surface area contributed by atoms with Crippen molar-refractivity contribution in [2.75, 3.05) is 14.1 Å². The van der Waals surface area contributed by atoms with Gasteiger partial charge in [0.1, 0.15) is 5.25 Å². The largest absolute Gasteiger partial charge is 0.348 e. The van der Waals surface area contributed by atoms with E-state index in [2.05, 4.69) is 15.9 Å². The standard InChI is InChI=1S/C11H14BrNO3S/c1-8(11(14)13(2)3)17(15,16)10-6-4-5-9(12)7-10/h4-8H,1-3H3. The highest BCUT2D eigenvalue weighted by atomic mass is 79.9. The van der Waals surface area contributed by atoms with E-state index < -0.39 is 21.0 Å². The van der Waals surface area contributed by atoms with Gasteiger partial charge in [-0.3, -0.25) is 4.79 Å². The van der Waals surface area contributed by atoms with E-state index in [-0.39, 0.29) is 4.90 Å². The molecule has 17 heavy (non-hydrogen) atoms. The SMILES string of the molecule is CC(C(=O)N(C)C)S(=O)(=O)c1cccc(Br)c1. The van der Waals surface area contributed by atoms with Crippen molar-refractivity contribution < 1.29 is 13.2 Å². The Morgan fingerprint density at radius 1 is 1.35 bits per heavy atom. The van der Waals surface area contributed by atoms with E-state index in [0.29, 0.717) is 4.47 Å². The molecule has 0 saturated heterocycles. The lowest BCUT2D eigenvalue weighted by atomic mass is 10.4. The van der Waals surface area contributed by atoms with Gasteiger partial charge in [0, 0.05) is 18.6 Å². The van der Waals surface area contributed by atoms with Crippen molar-refractivity contribution in [1.82, 2.24) is 4.90 Å². The number of nitrogens with zero attached hydrogens (tertiary/aromatic N) is 1. The molecule has 0 aromatic heterocycles. The van der Waals surface area contributed by atoms with Crippen LogP contribution in [0.4, 0.5) is 0 Å². The third-order valence-electron chi connectivity index (χ3n) is 2.38. The number of benzene rings is 1. The Morgan fingerprint density at radius 3 is 2.41 bits per heavy atom. The maximum Gasteiger partial charge on any atom is 0.240 e. The fourth-order valence-corrected chi connectivity index (χ4v) is 3.34. The van der Waals surface area contributed by atoms with Crippen LogP contribution in [0, 0.1) is 0 Å². The zero-order valence-electron chi connectivity index (χ0n) is 9.84. The van der Waals surface area contributed by atoms with Crippen molar-refractivity contribution in [3.05, 3.63) is 28.7 Å². The summed E-state index contributed by atoms with van der Waals surface area (Å²) in [5.41, 5.74) is 0. The molecule has 0 heterocycles. The van der Waals surface area contributed by atoms with Crippen LogP contribution >= 0.6 is 15.9 Å². The van der Waals surface area contributed by atoms with Crippen LogP contribution in [0.1, 0.15) is 6.92 Å². The van der Waals surface area contributed by atoms with Crippen molar-refractivity contribution in [2.24, 2.45) is 0 Å². The lowest BCUT2D eigenvalue weighted by Gasteiger charge is -2.17. The highest BCUT2D eigenvalue weighted by Crippen LogP contribution is 2.20. The lowest BCUT2D eigenvalue weighted by Crippen LogP contribution is -2.37.